The van der Waals surface area contributed by atoms with Crippen LogP contribution in [0.3, 0.4) is 0 Å². The van der Waals surface area contributed by atoms with Crippen LogP contribution in [-0.2, 0) is 6.42 Å². The van der Waals surface area contributed by atoms with Crippen molar-refractivity contribution in [3.8, 4) is 5.75 Å². The number of aryl methyl sites for hydroxylation is 1. The summed E-state index contributed by atoms with van der Waals surface area (Å²) in [6, 6.07) is 12.1. The minimum Gasteiger partial charge on any atom is -0.494 e. The molecule has 0 atom stereocenters. The lowest BCUT2D eigenvalue weighted by Gasteiger charge is -2.26. The van der Waals surface area contributed by atoms with Crippen LogP contribution >= 0.6 is 35.1 Å². The summed E-state index contributed by atoms with van der Waals surface area (Å²) in [4.78, 5) is 6.94. The standard InChI is InChI=1S/C24H30Cl2N4OS/c25-19-15-22-18(17-28-24(22)23(26)16-19)3-1-8-29-32-21-6-4-20(5-7-21)31-14-2-11-30-12-9-27-10-13-30/h4-7,15-17,27-29H,1-3,8-14H2. The summed E-state index contributed by atoms with van der Waals surface area (Å²) in [5.74, 6) is 0.936. The van der Waals surface area contributed by atoms with E-state index in [-0.39, 0.29) is 0 Å². The number of fused-ring (bicyclic) bond motifs is 1. The third-order valence-corrected chi connectivity index (χ3v) is 7.00. The van der Waals surface area contributed by atoms with Gasteiger partial charge >= 0.3 is 0 Å². The number of H-pyrrole nitrogens is 1. The second-order valence-corrected chi connectivity index (χ2v) is 9.80. The van der Waals surface area contributed by atoms with E-state index in [1.165, 1.54) is 10.5 Å². The normalized spacial score (nSPS) is 14.8. The number of aromatic amines is 1. The van der Waals surface area contributed by atoms with Crippen molar-refractivity contribution < 1.29 is 4.74 Å². The highest BCUT2D eigenvalue weighted by molar-refractivity contribution is 7.97. The Bertz CT molecular complexity index is 990. The molecule has 0 bridgehead atoms. The highest BCUT2D eigenvalue weighted by Gasteiger charge is 2.09. The lowest BCUT2D eigenvalue weighted by molar-refractivity contribution is 0.214. The van der Waals surface area contributed by atoms with E-state index < -0.39 is 0 Å². The zero-order valence-corrected chi connectivity index (χ0v) is 20.5. The molecule has 1 aromatic heterocycles. The van der Waals surface area contributed by atoms with Crippen molar-refractivity contribution in [2.24, 2.45) is 0 Å². The van der Waals surface area contributed by atoms with Crippen LogP contribution in [0.5, 0.6) is 5.75 Å². The second-order valence-electron chi connectivity index (χ2n) is 7.99. The summed E-state index contributed by atoms with van der Waals surface area (Å²) in [5, 5.41) is 5.83. The first-order chi connectivity index (χ1) is 15.7. The predicted molar refractivity (Wildman–Crippen MR) is 136 cm³/mol. The number of rotatable bonds is 11. The zero-order chi connectivity index (χ0) is 22.2. The van der Waals surface area contributed by atoms with E-state index in [2.05, 4.69) is 32.1 Å². The van der Waals surface area contributed by atoms with Gasteiger partial charge in [-0.25, -0.2) is 0 Å². The van der Waals surface area contributed by atoms with Crippen molar-refractivity contribution in [3.05, 3.63) is 58.2 Å². The average molecular weight is 494 g/mol. The maximum Gasteiger partial charge on any atom is 0.119 e. The number of ether oxygens (including phenoxy) is 1. The van der Waals surface area contributed by atoms with Gasteiger partial charge < -0.3 is 19.9 Å². The number of hydrogen-bond donors (Lipinski definition) is 3. The summed E-state index contributed by atoms with van der Waals surface area (Å²) in [6.07, 6.45) is 5.08. The van der Waals surface area contributed by atoms with Gasteiger partial charge in [-0.2, -0.15) is 0 Å². The highest BCUT2D eigenvalue weighted by atomic mass is 35.5. The van der Waals surface area contributed by atoms with Crippen molar-refractivity contribution in [1.29, 1.82) is 0 Å². The first-order valence-corrected chi connectivity index (χ1v) is 12.8. The molecule has 2 heterocycles. The van der Waals surface area contributed by atoms with Gasteiger partial charge in [0.15, 0.2) is 0 Å². The lowest BCUT2D eigenvalue weighted by atomic mass is 10.1. The molecule has 172 valence electrons. The molecule has 3 N–H and O–H groups in total. The van der Waals surface area contributed by atoms with Gasteiger partial charge in [0.1, 0.15) is 5.75 Å². The van der Waals surface area contributed by atoms with Crippen LogP contribution in [0.15, 0.2) is 47.5 Å². The van der Waals surface area contributed by atoms with Crippen LogP contribution in [0.25, 0.3) is 10.9 Å². The lowest BCUT2D eigenvalue weighted by Crippen LogP contribution is -2.43. The Kier molecular flexibility index (Phi) is 9.02. The topological polar surface area (TPSA) is 52.3 Å². The molecule has 0 saturated carbocycles. The molecule has 32 heavy (non-hydrogen) atoms. The Morgan fingerprint density at radius 1 is 1.06 bits per heavy atom. The van der Waals surface area contributed by atoms with E-state index in [4.69, 9.17) is 27.9 Å². The third-order valence-electron chi connectivity index (χ3n) is 5.63. The Morgan fingerprint density at radius 3 is 2.69 bits per heavy atom. The maximum absolute atomic E-state index is 6.26. The Balaban J connectivity index is 1.12. The molecular weight excluding hydrogens is 463 g/mol. The highest BCUT2D eigenvalue weighted by Crippen LogP contribution is 2.30. The monoisotopic (exact) mass is 492 g/mol. The molecule has 1 fully saturated rings. The number of piperazine rings is 1. The molecule has 2 aromatic carbocycles. The second kappa shape index (κ2) is 12.2. The maximum atomic E-state index is 6.26. The molecule has 0 aliphatic carbocycles. The number of nitrogens with zero attached hydrogens (tertiary/aromatic N) is 1. The quantitative estimate of drug-likeness (QED) is 0.248. The molecule has 0 amide bonds. The minimum atomic E-state index is 0.666. The molecule has 8 heteroatoms. The number of benzene rings is 2. The van der Waals surface area contributed by atoms with Crippen molar-refractivity contribution in [2.45, 2.75) is 24.2 Å². The molecule has 1 aliphatic rings. The van der Waals surface area contributed by atoms with Gasteiger partial charge in [-0.05, 0) is 73.2 Å². The third kappa shape index (κ3) is 6.80. The van der Waals surface area contributed by atoms with Crippen molar-refractivity contribution >= 4 is 46.1 Å². The van der Waals surface area contributed by atoms with Gasteiger partial charge in [-0.3, -0.25) is 4.72 Å². The Hall–Kier alpha value is -1.41. The molecule has 1 saturated heterocycles. The zero-order valence-electron chi connectivity index (χ0n) is 18.1. The van der Waals surface area contributed by atoms with Crippen LogP contribution in [-0.4, -0.2) is 55.8 Å². The molecule has 0 spiro atoms. The van der Waals surface area contributed by atoms with E-state index >= 15 is 0 Å². The Labute approximate surface area is 204 Å². The fourth-order valence-electron chi connectivity index (χ4n) is 3.92. The van der Waals surface area contributed by atoms with Gasteiger partial charge in [0.25, 0.3) is 0 Å². The van der Waals surface area contributed by atoms with Crippen LogP contribution in [0.1, 0.15) is 18.4 Å². The van der Waals surface area contributed by atoms with E-state index in [0.29, 0.717) is 10.0 Å². The predicted octanol–water partition coefficient (Wildman–Crippen LogP) is 5.38. The van der Waals surface area contributed by atoms with E-state index in [9.17, 15) is 0 Å². The van der Waals surface area contributed by atoms with Crippen LogP contribution in [0.4, 0.5) is 0 Å². The number of aromatic nitrogens is 1. The van der Waals surface area contributed by atoms with Crippen LogP contribution in [0, 0.1) is 0 Å². The van der Waals surface area contributed by atoms with Gasteiger partial charge in [0, 0.05) is 60.8 Å². The van der Waals surface area contributed by atoms with E-state index in [1.54, 1.807) is 18.0 Å². The fourth-order valence-corrected chi connectivity index (χ4v) is 5.15. The van der Waals surface area contributed by atoms with Crippen LogP contribution in [0.2, 0.25) is 10.0 Å². The average Bonchev–Trinajstić information content (AvgIpc) is 3.21. The first kappa shape index (κ1) is 23.7. The SMILES string of the molecule is Clc1cc(Cl)c2[nH]cc(CCCNSc3ccc(OCCCN4CCNCC4)cc3)c2c1. The van der Waals surface area contributed by atoms with E-state index in [0.717, 1.165) is 81.8 Å². The first-order valence-electron chi connectivity index (χ1n) is 11.2. The number of hydrogen-bond acceptors (Lipinski definition) is 5. The van der Waals surface area contributed by atoms with Crippen molar-refractivity contribution in [1.82, 2.24) is 19.9 Å². The summed E-state index contributed by atoms with van der Waals surface area (Å²) in [5.41, 5.74) is 2.20. The molecule has 4 rings (SSSR count). The summed E-state index contributed by atoms with van der Waals surface area (Å²) < 4.78 is 9.34. The molecule has 1 aliphatic heterocycles. The van der Waals surface area contributed by atoms with Crippen molar-refractivity contribution in [3.63, 3.8) is 0 Å². The molecule has 5 nitrogen and oxygen atoms in total. The summed E-state index contributed by atoms with van der Waals surface area (Å²) >= 11 is 14.1. The number of nitrogens with one attached hydrogen (secondary N) is 3. The smallest absolute Gasteiger partial charge is 0.119 e. The molecule has 0 radical (unpaired) electrons. The van der Waals surface area contributed by atoms with Crippen LogP contribution < -0.4 is 14.8 Å². The largest absolute Gasteiger partial charge is 0.494 e. The molecule has 0 unspecified atom stereocenters. The Morgan fingerprint density at radius 2 is 1.88 bits per heavy atom. The summed E-state index contributed by atoms with van der Waals surface area (Å²) in [6.45, 7) is 7.27. The minimum absolute atomic E-state index is 0.666. The summed E-state index contributed by atoms with van der Waals surface area (Å²) in [7, 11) is 0. The molecule has 3 aromatic rings. The van der Waals surface area contributed by atoms with Crippen molar-refractivity contribution in [2.75, 3.05) is 45.9 Å². The van der Waals surface area contributed by atoms with E-state index in [1.807, 2.05) is 24.4 Å². The van der Waals surface area contributed by atoms with Gasteiger partial charge in [-0.1, -0.05) is 23.2 Å². The van der Waals surface area contributed by atoms with Gasteiger partial charge in [0.2, 0.25) is 0 Å². The van der Waals surface area contributed by atoms with Gasteiger partial charge in [-0.15, -0.1) is 0 Å². The molecular formula is C24H30Cl2N4OS. The fraction of sp³-hybridized carbons (Fsp3) is 0.417. The number of halogens is 2. The van der Waals surface area contributed by atoms with Gasteiger partial charge in [0.05, 0.1) is 17.1 Å².